The first-order chi connectivity index (χ1) is 6.16. The lowest BCUT2D eigenvalue weighted by molar-refractivity contribution is 0.146. The third kappa shape index (κ3) is 2.21. The molecule has 0 bridgehead atoms. The highest BCUT2D eigenvalue weighted by Crippen LogP contribution is 2.23. The molecule has 0 saturated heterocycles. The van der Waals surface area contributed by atoms with Crippen molar-refractivity contribution in [3.63, 3.8) is 0 Å². The number of alkyl halides is 2. The van der Waals surface area contributed by atoms with Gasteiger partial charge in [-0.3, -0.25) is 0 Å². The molecule has 1 aromatic rings. The van der Waals surface area contributed by atoms with E-state index in [2.05, 4.69) is 0 Å². The number of hydrogen-bond donors (Lipinski definition) is 1. The Bertz CT molecular complexity index is 286. The van der Waals surface area contributed by atoms with Gasteiger partial charge in [-0.2, -0.15) is 0 Å². The minimum atomic E-state index is -2.81. The van der Waals surface area contributed by atoms with Gasteiger partial charge < -0.3 is 5.11 Å². The Hall–Kier alpha value is -1.03. The summed E-state index contributed by atoms with van der Waals surface area (Å²) in [6.07, 6.45) is -2.74. The summed E-state index contributed by atoms with van der Waals surface area (Å²) in [6, 6.07) is 3.79. The van der Waals surface area contributed by atoms with Crippen LogP contribution in [0.3, 0.4) is 0 Å². The highest BCUT2D eigenvalue weighted by atomic mass is 19.3. The van der Waals surface area contributed by atoms with Crippen molar-refractivity contribution in [3.8, 4) is 0 Å². The van der Waals surface area contributed by atoms with Gasteiger partial charge in [0.15, 0.2) is 0 Å². The normalized spacial score (nSPS) is 10.8. The fourth-order valence-corrected chi connectivity index (χ4v) is 1.08. The minimum absolute atomic E-state index is 0.0619. The van der Waals surface area contributed by atoms with Gasteiger partial charge in [0.05, 0.1) is 5.56 Å². The number of rotatable bonds is 3. The van der Waals surface area contributed by atoms with Gasteiger partial charge in [-0.1, -0.05) is 18.2 Å². The molecule has 1 N–H and O–H groups in total. The van der Waals surface area contributed by atoms with Gasteiger partial charge in [-0.25, -0.2) is 13.2 Å². The Morgan fingerprint density at radius 3 is 2.54 bits per heavy atom. The van der Waals surface area contributed by atoms with Crippen molar-refractivity contribution in [2.75, 3.05) is 6.61 Å². The molecule has 72 valence electrons. The van der Waals surface area contributed by atoms with Gasteiger partial charge in [-0.15, -0.1) is 0 Å². The molecule has 0 aliphatic heterocycles. The molecule has 1 aromatic carbocycles. The molecule has 0 radical (unpaired) electrons. The van der Waals surface area contributed by atoms with E-state index in [1.165, 1.54) is 12.1 Å². The van der Waals surface area contributed by atoms with Crippen LogP contribution in [-0.2, 0) is 6.42 Å². The molecular formula is C9H9F3O. The summed E-state index contributed by atoms with van der Waals surface area (Å²) in [5, 5.41) is 8.52. The zero-order valence-electron chi connectivity index (χ0n) is 6.80. The van der Waals surface area contributed by atoms with E-state index >= 15 is 0 Å². The molecule has 0 saturated carbocycles. The summed E-state index contributed by atoms with van der Waals surface area (Å²) >= 11 is 0. The molecule has 1 rings (SSSR count). The first-order valence-corrected chi connectivity index (χ1v) is 3.83. The zero-order chi connectivity index (χ0) is 9.84. The highest BCUT2D eigenvalue weighted by molar-refractivity contribution is 5.26. The maximum absolute atomic E-state index is 13.1. The van der Waals surface area contributed by atoms with Crippen molar-refractivity contribution in [3.05, 3.63) is 35.1 Å². The van der Waals surface area contributed by atoms with Crippen molar-refractivity contribution in [2.45, 2.75) is 12.8 Å². The Balaban J connectivity index is 3.03. The highest BCUT2D eigenvalue weighted by Gasteiger charge is 2.15. The van der Waals surface area contributed by atoms with Crippen molar-refractivity contribution in [2.24, 2.45) is 0 Å². The Kier molecular flexibility index (Phi) is 3.31. The first kappa shape index (κ1) is 10.1. The Labute approximate surface area is 73.8 Å². The van der Waals surface area contributed by atoms with Gasteiger partial charge in [0.25, 0.3) is 6.43 Å². The van der Waals surface area contributed by atoms with Gasteiger partial charge in [0, 0.05) is 6.61 Å². The lowest BCUT2D eigenvalue weighted by Gasteiger charge is -2.05. The maximum atomic E-state index is 13.1. The molecule has 0 spiro atoms. The predicted molar refractivity (Wildman–Crippen MR) is 42.1 cm³/mol. The van der Waals surface area contributed by atoms with E-state index in [4.69, 9.17) is 5.11 Å². The molecule has 0 fully saturated rings. The average Bonchev–Trinajstić information content (AvgIpc) is 2.08. The molecule has 0 heterocycles. The van der Waals surface area contributed by atoms with Crippen LogP contribution in [0.1, 0.15) is 17.6 Å². The van der Waals surface area contributed by atoms with Crippen LogP contribution < -0.4 is 0 Å². The summed E-state index contributed by atoms with van der Waals surface area (Å²) in [7, 11) is 0. The van der Waals surface area contributed by atoms with Gasteiger partial charge in [0.2, 0.25) is 0 Å². The lowest BCUT2D eigenvalue weighted by Crippen LogP contribution is -1.99. The van der Waals surface area contributed by atoms with E-state index in [-0.39, 0.29) is 18.6 Å². The third-order valence-electron chi connectivity index (χ3n) is 1.72. The maximum Gasteiger partial charge on any atom is 0.266 e. The first-order valence-electron chi connectivity index (χ1n) is 3.83. The average molecular weight is 190 g/mol. The van der Waals surface area contributed by atoms with E-state index in [0.717, 1.165) is 6.07 Å². The molecular weight excluding hydrogens is 181 g/mol. The van der Waals surface area contributed by atoms with Crippen molar-refractivity contribution in [1.82, 2.24) is 0 Å². The van der Waals surface area contributed by atoms with E-state index in [1.54, 1.807) is 0 Å². The largest absolute Gasteiger partial charge is 0.396 e. The Morgan fingerprint density at radius 2 is 2.00 bits per heavy atom. The predicted octanol–water partition coefficient (Wildman–Crippen LogP) is 2.30. The minimum Gasteiger partial charge on any atom is -0.396 e. The van der Waals surface area contributed by atoms with Gasteiger partial charge >= 0.3 is 0 Å². The number of aliphatic hydroxyl groups excluding tert-OH is 1. The van der Waals surface area contributed by atoms with Crippen LogP contribution in [-0.4, -0.2) is 11.7 Å². The topological polar surface area (TPSA) is 20.2 Å². The van der Waals surface area contributed by atoms with Crippen LogP contribution >= 0.6 is 0 Å². The second-order valence-electron chi connectivity index (χ2n) is 2.59. The van der Waals surface area contributed by atoms with Crippen LogP contribution in [0.2, 0.25) is 0 Å². The summed E-state index contributed by atoms with van der Waals surface area (Å²) in [6.45, 7) is -0.246. The zero-order valence-corrected chi connectivity index (χ0v) is 6.80. The molecule has 13 heavy (non-hydrogen) atoms. The number of aliphatic hydroxyl groups is 1. The van der Waals surface area contributed by atoms with Crippen molar-refractivity contribution >= 4 is 0 Å². The van der Waals surface area contributed by atoms with Crippen LogP contribution in [0, 0.1) is 5.82 Å². The number of benzene rings is 1. The van der Waals surface area contributed by atoms with Crippen LogP contribution in [0.4, 0.5) is 13.2 Å². The van der Waals surface area contributed by atoms with Crippen molar-refractivity contribution in [1.29, 1.82) is 0 Å². The summed E-state index contributed by atoms with van der Waals surface area (Å²) < 4.78 is 37.4. The molecule has 0 aliphatic carbocycles. The summed E-state index contributed by atoms with van der Waals surface area (Å²) in [5.74, 6) is -0.911. The second kappa shape index (κ2) is 4.28. The van der Waals surface area contributed by atoms with Crippen molar-refractivity contribution < 1.29 is 18.3 Å². The molecule has 4 heteroatoms. The third-order valence-corrected chi connectivity index (χ3v) is 1.72. The lowest BCUT2D eigenvalue weighted by atomic mass is 10.1. The van der Waals surface area contributed by atoms with E-state index in [1.807, 2.05) is 0 Å². The number of halogens is 3. The summed E-state index contributed by atoms with van der Waals surface area (Å²) in [5.41, 5.74) is -0.480. The molecule has 0 aromatic heterocycles. The molecule has 0 unspecified atom stereocenters. The molecule has 1 nitrogen and oxygen atoms in total. The standard InChI is InChI=1S/C9H9F3O/c10-8-6(4-5-13)2-1-3-7(8)9(11)12/h1-3,9,13H,4-5H2. The SMILES string of the molecule is OCCc1cccc(C(F)F)c1F. The van der Waals surface area contributed by atoms with E-state index in [9.17, 15) is 13.2 Å². The molecule has 0 amide bonds. The van der Waals surface area contributed by atoms with Crippen LogP contribution in [0.25, 0.3) is 0 Å². The quantitative estimate of drug-likeness (QED) is 0.775. The van der Waals surface area contributed by atoms with E-state index < -0.39 is 17.8 Å². The molecule has 0 aliphatic rings. The van der Waals surface area contributed by atoms with E-state index in [0.29, 0.717) is 0 Å². The number of hydrogen-bond acceptors (Lipinski definition) is 1. The fourth-order valence-electron chi connectivity index (χ4n) is 1.08. The van der Waals surface area contributed by atoms with Crippen LogP contribution in [0.15, 0.2) is 18.2 Å². The van der Waals surface area contributed by atoms with Gasteiger partial charge in [0.1, 0.15) is 5.82 Å². The smallest absolute Gasteiger partial charge is 0.266 e. The Morgan fingerprint density at radius 1 is 1.31 bits per heavy atom. The fraction of sp³-hybridized carbons (Fsp3) is 0.333. The summed E-state index contributed by atoms with van der Waals surface area (Å²) in [4.78, 5) is 0. The van der Waals surface area contributed by atoms with Crippen LogP contribution in [0.5, 0.6) is 0 Å². The molecule has 0 atom stereocenters. The van der Waals surface area contributed by atoms with Gasteiger partial charge in [-0.05, 0) is 12.0 Å². The second-order valence-corrected chi connectivity index (χ2v) is 2.59. The monoisotopic (exact) mass is 190 g/mol.